The van der Waals surface area contributed by atoms with Crippen molar-refractivity contribution in [2.45, 2.75) is 0 Å². The van der Waals surface area contributed by atoms with Gasteiger partial charge >= 0.3 is 5.97 Å². The van der Waals surface area contributed by atoms with Crippen molar-refractivity contribution >= 4 is 17.9 Å². The maximum atomic E-state index is 11.0. The molecule has 0 heterocycles. The number of rotatable bonds is 4. The van der Waals surface area contributed by atoms with Gasteiger partial charge in [-0.25, -0.2) is 9.79 Å². The van der Waals surface area contributed by atoms with E-state index in [0.29, 0.717) is 0 Å². The number of anilines is 1. The van der Waals surface area contributed by atoms with E-state index < -0.39 is 5.97 Å². The van der Waals surface area contributed by atoms with Gasteiger partial charge < -0.3 is 9.64 Å². The van der Waals surface area contributed by atoms with E-state index in [1.807, 2.05) is 43.3 Å². The van der Waals surface area contributed by atoms with Crippen LogP contribution in [0.25, 0.3) is 0 Å². The molecule has 0 saturated carbocycles. The summed E-state index contributed by atoms with van der Waals surface area (Å²) in [6.07, 6.45) is 1.58. The summed E-state index contributed by atoms with van der Waals surface area (Å²) in [6.45, 7) is 3.51. The number of carbonyl (C=O) groups is 1. The van der Waals surface area contributed by atoms with E-state index in [9.17, 15) is 4.79 Å². The van der Waals surface area contributed by atoms with Crippen molar-refractivity contribution in [3.8, 4) is 0 Å². The highest BCUT2D eigenvalue weighted by Gasteiger charge is 2.02. The lowest BCUT2D eigenvalue weighted by molar-refractivity contribution is -0.136. The summed E-state index contributed by atoms with van der Waals surface area (Å²) in [6, 6.07) is 7.79. The Morgan fingerprint density at radius 1 is 1.35 bits per heavy atom. The molecule has 0 radical (unpaired) electrons. The smallest absolute Gasteiger partial charge is 0.356 e. The molecule has 4 nitrogen and oxygen atoms in total. The van der Waals surface area contributed by atoms with Crippen LogP contribution in [0.1, 0.15) is 5.56 Å². The number of benzene rings is 1. The van der Waals surface area contributed by atoms with E-state index in [-0.39, 0.29) is 5.70 Å². The molecule has 0 bridgehead atoms. The van der Waals surface area contributed by atoms with Crippen LogP contribution in [0.5, 0.6) is 0 Å². The van der Waals surface area contributed by atoms with Crippen LogP contribution in [-0.4, -0.2) is 33.4 Å². The minimum Gasteiger partial charge on any atom is -0.464 e. The standard InChI is InChI=1S/C13H16N2O2/c1-10(13(16)17-4)14-9-11-5-7-12(8-6-11)15(2)3/h5-9H,1H2,2-4H3. The molecular formula is C13H16N2O2. The zero-order valence-corrected chi connectivity index (χ0v) is 10.3. The highest BCUT2D eigenvalue weighted by Crippen LogP contribution is 2.11. The van der Waals surface area contributed by atoms with Crippen molar-refractivity contribution in [3.05, 3.63) is 42.1 Å². The number of carbonyl (C=O) groups excluding carboxylic acids is 1. The quantitative estimate of drug-likeness (QED) is 0.452. The van der Waals surface area contributed by atoms with Gasteiger partial charge in [0.2, 0.25) is 0 Å². The van der Waals surface area contributed by atoms with Gasteiger partial charge in [-0.2, -0.15) is 0 Å². The topological polar surface area (TPSA) is 41.9 Å². The molecule has 0 saturated heterocycles. The number of esters is 1. The van der Waals surface area contributed by atoms with Crippen LogP contribution in [0.2, 0.25) is 0 Å². The Balaban J connectivity index is 2.72. The van der Waals surface area contributed by atoms with Crippen LogP contribution in [0.3, 0.4) is 0 Å². The molecule has 0 unspecified atom stereocenters. The molecule has 0 aromatic heterocycles. The van der Waals surface area contributed by atoms with E-state index in [1.165, 1.54) is 7.11 Å². The molecule has 0 fully saturated rings. The summed E-state index contributed by atoms with van der Waals surface area (Å²) >= 11 is 0. The molecule has 90 valence electrons. The van der Waals surface area contributed by atoms with Crippen LogP contribution >= 0.6 is 0 Å². The van der Waals surface area contributed by atoms with Crippen molar-refractivity contribution in [2.75, 3.05) is 26.1 Å². The number of aliphatic imine (C=N–C) groups is 1. The summed E-state index contributed by atoms with van der Waals surface area (Å²) < 4.78 is 4.49. The summed E-state index contributed by atoms with van der Waals surface area (Å²) in [7, 11) is 5.25. The largest absolute Gasteiger partial charge is 0.464 e. The number of nitrogens with zero attached hydrogens (tertiary/aromatic N) is 2. The van der Waals surface area contributed by atoms with Crippen LogP contribution in [0.15, 0.2) is 41.5 Å². The van der Waals surface area contributed by atoms with E-state index in [4.69, 9.17) is 0 Å². The maximum absolute atomic E-state index is 11.0. The van der Waals surface area contributed by atoms with Gasteiger partial charge in [0, 0.05) is 26.0 Å². The van der Waals surface area contributed by atoms with Gasteiger partial charge in [0.25, 0.3) is 0 Å². The van der Waals surface area contributed by atoms with Gasteiger partial charge in [-0.05, 0) is 17.7 Å². The first-order valence-electron chi connectivity index (χ1n) is 5.13. The molecule has 0 aliphatic rings. The summed E-state index contributed by atoms with van der Waals surface area (Å²) in [5, 5.41) is 0. The molecule has 1 aromatic carbocycles. The zero-order valence-electron chi connectivity index (χ0n) is 10.3. The summed E-state index contributed by atoms with van der Waals surface area (Å²) in [4.78, 5) is 17.0. The van der Waals surface area contributed by atoms with Crippen molar-refractivity contribution in [1.29, 1.82) is 0 Å². The predicted octanol–water partition coefficient (Wildman–Crippen LogP) is 1.86. The van der Waals surface area contributed by atoms with Crippen molar-refractivity contribution in [2.24, 2.45) is 4.99 Å². The normalized spacial score (nSPS) is 10.3. The van der Waals surface area contributed by atoms with Crippen LogP contribution in [0, 0.1) is 0 Å². The molecule has 0 atom stereocenters. The fraction of sp³-hybridized carbons (Fsp3) is 0.231. The Hall–Kier alpha value is -2.10. The molecule has 4 heteroatoms. The minimum atomic E-state index is -0.522. The maximum Gasteiger partial charge on any atom is 0.356 e. The fourth-order valence-corrected chi connectivity index (χ4v) is 1.18. The lowest BCUT2D eigenvalue weighted by Gasteiger charge is -2.11. The molecule has 0 amide bonds. The van der Waals surface area contributed by atoms with Crippen LogP contribution in [0.4, 0.5) is 5.69 Å². The molecule has 0 spiro atoms. The molecule has 0 aliphatic heterocycles. The Morgan fingerprint density at radius 3 is 2.41 bits per heavy atom. The lowest BCUT2D eigenvalue weighted by Crippen LogP contribution is -2.08. The number of hydrogen-bond donors (Lipinski definition) is 0. The first kappa shape index (κ1) is 13.0. The second-order valence-corrected chi connectivity index (χ2v) is 3.68. The SMILES string of the molecule is C=C(N=Cc1ccc(N(C)C)cc1)C(=O)OC. The van der Waals surface area contributed by atoms with E-state index in [0.717, 1.165) is 11.3 Å². The van der Waals surface area contributed by atoms with Gasteiger partial charge in [-0.15, -0.1) is 0 Å². The fourth-order valence-electron chi connectivity index (χ4n) is 1.18. The number of ether oxygens (including phenoxy) is 1. The highest BCUT2D eigenvalue weighted by molar-refractivity contribution is 5.91. The first-order chi connectivity index (χ1) is 8.04. The Morgan fingerprint density at radius 2 is 1.94 bits per heavy atom. The van der Waals surface area contributed by atoms with Gasteiger partial charge in [0.05, 0.1) is 7.11 Å². The number of hydrogen-bond acceptors (Lipinski definition) is 4. The lowest BCUT2D eigenvalue weighted by atomic mass is 10.2. The average molecular weight is 232 g/mol. The Kier molecular flexibility index (Phi) is 4.46. The van der Waals surface area contributed by atoms with Crippen molar-refractivity contribution in [1.82, 2.24) is 0 Å². The third-order valence-electron chi connectivity index (χ3n) is 2.20. The van der Waals surface area contributed by atoms with Crippen LogP contribution < -0.4 is 4.90 Å². The first-order valence-corrected chi connectivity index (χ1v) is 5.13. The summed E-state index contributed by atoms with van der Waals surface area (Å²) in [5.74, 6) is -0.522. The molecule has 1 aromatic rings. The predicted molar refractivity (Wildman–Crippen MR) is 69.5 cm³/mol. The minimum absolute atomic E-state index is 0.0872. The summed E-state index contributed by atoms with van der Waals surface area (Å²) in [5.41, 5.74) is 2.10. The average Bonchev–Trinajstić information content (AvgIpc) is 2.35. The molecule has 1 rings (SSSR count). The third kappa shape index (κ3) is 3.75. The third-order valence-corrected chi connectivity index (χ3v) is 2.20. The molecule has 0 aliphatic carbocycles. The van der Waals surface area contributed by atoms with Gasteiger partial charge in [-0.1, -0.05) is 18.7 Å². The molecule has 0 N–H and O–H groups in total. The van der Waals surface area contributed by atoms with Gasteiger partial charge in [0.1, 0.15) is 5.70 Å². The Bertz CT molecular complexity index is 433. The van der Waals surface area contributed by atoms with Crippen molar-refractivity contribution in [3.63, 3.8) is 0 Å². The van der Waals surface area contributed by atoms with Gasteiger partial charge in [0.15, 0.2) is 0 Å². The Labute approximate surface area is 101 Å². The van der Waals surface area contributed by atoms with Gasteiger partial charge in [-0.3, -0.25) is 0 Å². The number of methoxy groups -OCH3 is 1. The van der Waals surface area contributed by atoms with Crippen molar-refractivity contribution < 1.29 is 9.53 Å². The van der Waals surface area contributed by atoms with E-state index in [1.54, 1.807) is 6.21 Å². The molecular weight excluding hydrogens is 216 g/mol. The second kappa shape index (κ2) is 5.84. The molecule has 17 heavy (non-hydrogen) atoms. The highest BCUT2D eigenvalue weighted by atomic mass is 16.5. The zero-order chi connectivity index (χ0) is 12.8. The van der Waals surface area contributed by atoms with E-state index in [2.05, 4.69) is 16.3 Å². The van der Waals surface area contributed by atoms with Crippen LogP contribution in [-0.2, 0) is 9.53 Å². The van der Waals surface area contributed by atoms with E-state index >= 15 is 0 Å². The second-order valence-electron chi connectivity index (χ2n) is 3.68. The monoisotopic (exact) mass is 232 g/mol.